The van der Waals surface area contributed by atoms with E-state index < -0.39 is 6.10 Å². The standard InChI is InChI=1S/C18H14N2O5S/c1-20-10-6-13-14(24-9-23-13)7-16(10)26-18(20)19-17(21)15-8-22-11-4-2-3-5-12(11)25-15/h2-7,15H,8-9H2,1H3. The Bertz CT molecular complexity index is 1100. The minimum atomic E-state index is -0.758. The number of fused-ring (bicyclic) bond motifs is 3. The molecule has 3 aromatic rings. The van der Waals surface area contributed by atoms with Crippen molar-refractivity contribution >= 4 is 27.5 Å². The van der Waals surface area contributed by atoms with Gasteiger partial charge in [0.25, 0.3) is 5.91 Å². The van der Waals surface area contributed by atoms with Crippen molar-refractivity contribution in [2.75, 3.05) is 13.4 Å². The van der Waals surface area contributed by atoms with Gasteiger partial charge in [0.1, 0.15) is 6.61 Å². The number of rotatable bonds is 1. The summed E-state index contributed by atoms with van der Waals surface area (Å²) in [5.74, 6) is 2.22. The van der Waals surface area contributed by atoms with Gasteiger partial charge in [-0.05, 0) is 12.1 Å². The topological polar surface area (TPSA) is 71.3 Å². The number of nitrogens with zero attached hydrogens (tertiary/aromatic N) is 2. The van der Waals surface area contributed by atoms with E-state index in [1.54, 1.807) is 6.07 Å². The molecule has 2 aliphatic rings. The number of aryl methyl sites for hydroxylation is 1. The van der Waals surface area contributed by atoms with Gasteiger partial charge in [0, 0.05) is 19.2 Å². The van der Waals surface area contributed by atoms with E-state index in [4.69, 9.17) is 18.9 Å². The second-order valence-corrected chi connectivity index (χ2v) is 6.94. The average molecular weight is 370 g/mol. The lowest BCUT2D eigenvalue weighted by atomic mass is 10.2. The Kier molecular flexibility index (Phi) is 3.39. The lowest BCUT2D eigenvalue weighted by Gasteiger charge is -2.23. The van der Waals surface area contributed by atoms with Crippen LogP contribution in [0.4, 0.5) is 0 Å². The molecule has 0 bridgehead atoms. The summed E-state index contributed by atoms with van der Waals surface area (Å²) in [4.78, 5) is 17.4. The van der Waals surface area contributed by atoms with Crippen molar-refractivity contribution in [3.05, 3.63) is 41.2 Å². The number of amides is 1. The normalized spacial score (nSPS) is 18.3. The van der Waals surface area contributed by atoms with Gasteiger partial charge in [-0.2, -0.15) is 4.99 Å². The number of hydrogen-bond acceptors (Lipinski definition) is 6. The van der Waals surface area contributed by atoms with Crippen LogP contribution in [0.1, 0.15) is 0 Å². The van der Waals surface area contributed by atoms with Crippen LogP contribution in [0.5, 0.6) is 23.0 Å². The molecule has 0 saturated carbocycles. The zero-order valence-corrected chi connectivity index (χ0v) is 14.6. The predicted molar refractivity (Wildman–Crippen MR) is 93.8 cm³/mol. The van der Waals surface area contributed by atoms with Crippen LogP contribution in [-0.4, -0.2) is 30.0 Å². The van der Waals surface area contributed by atoms with Crippen molar-refractivity contribution in [3.63, 3.8) is 0 Å². The number of para-hydroxylation sites is 2. The molecule has 2 aliphatic heterocycles. The SMILES string of the molecule is Cn1c(=NC(=O)C2COc3ccccc3O2)sc2cc3c(cc21)OCO3. The lowest BCUT2D eigenvalue weighted by molar-refractivity contribution is -0.127. The van der Waals surface area contributed by atoms with Crippen LogP contribution in [0.3, 0.4) is 0 Å². The van der Waals surface area contributed by atoms with Crippen LogP contribution in [0.15, 0.2) is 41.4 Å². The zero-order valence-electron chi connectivity index (χ0n) is 13.8. The first-order valence-electron chi connectivity index (χ1n) is 8.05. The first kappa shape index (κ1) is 15.3. The van der Waals surface area contributed by atoms with Gasteiger partial charge in [-0.15, -0.1) is 0 Å². The van der Waals surface area contributed by atoms with Crippen LogP contribution in [-0.2, 0) is 11.8 Å². The second-order valence-electron chi connectivity index (χ2n) is 5.93. The number of benzene rings is 2. The van der Waals surface area contributed by atoms with Crippen molar-refractivity contribution in [1.29, 1.82) is 0 Å². The van der Waals surface area contributed by atoms with Gasteiger partial charge in [0.05, 0.1) is 10.2 Å². The monoisotopic (exact) mass is 370 g/mol. The fourth-order valence-corrected chi connectivity index (χ4v) is 3.97. The molecule has 0 N–H and O–H groups in total. The Morgan fingerprint density at radius 3 is 2.73 bits per heavy atom. The molecule has 0 aliphatic carbocycles. The quantitative estimate of drug-likeness (QED) is 0.657. The fraction of sp³-hybridized carbons (Fsp3) is 0.222. The van der Waals surface area contributed by atoms with Crippen molar-refractivity contribution < 1.29 is 23.7 Å². The Labute approximate surface area is 152 Å². The molecule has 3 heterocycles. The van der Waals surface area contributed by atoms with E-state index in [0.29, 0.717) is 27.8 Å². The molecule has 26 heavy (non-hydrogen) atoms. The molecule has 1 aromatic heterocycles. The summed E-state index contributed by atoms with van der Waals surface area (Å²) in [6.07, 6.45) is -0.758. The van der Waals surface area contributed by atoms with Crippen LogP contribution < -0.4 is 23.7 Å². The number of thiazole rings is 1. The van der Waals surface area contributed by atoms with E-state index in [2.05, 4.69) is 4.99 Å². The predicted octanol–water partition coefficient (Wildman–Crippen LogP) is 2.24. The summed E-state index contributed by atoms with van der Waals surface area (Å²) in [6.45, 7) is 0.371. The van der Waals surface area contributed by atoms with Crippen molar-refractivity contribution in [2.45, 2.75) is 6.10 Å². The molecule has 0 radical (unpaired) electrons. The molecule has 2 aromatic carbocycles. The number of carbonyl (C=O) groups excluding carboxylic acids is 1. The van der Waals surface area contributed by atoms with E-state index in [9.17, 15) is 4.79 Å². The van der Waals surface area contributed by atoms with E-state index >= 15 is 0 Å². The van der Waals surface area contributed by atoms with Gasteiger partial charge in [-0.3, -0.25) is 4.79 Å². The first-order valence-corrected chi connectivity index (χ1v) is 8.87. The third-order valence-corrected chi connectivity index (χ3v) is 5.39. The molecule has 8 heteroatoms. The number of carbonyl (C=O) groups is 1. The Balaban J connectivity index is 1.49. The van der Waals surface area contributed by atoms with E-state index in [1.165, 1.54) is 11.3 Å². The van der Waals surface area contributed by atoms with Gasteiger partial charge in [-0.25, -0.2) is 0 Å². The fourth-order valence-electron chi connectivity index (χ4n) is 2.93. The Hall–Kier alpha value is -3.00. The minimum Gasteiger partial charge on any atom is -0.485 e. The molecule has 1 atom stereocenters. The summed E-state index contributed by atoms with van der Waals surface area (Å²) in [6, 6.07) is 11.1. The largest absolute Gasteiger partial charge is 0.485 e. The molecule has 0 fully saturated rings. The van der Waals surface area contributed by atoms with Gasteiger partial charge < -0.3 is 23.5 Å². The second kappa shape index (κ2) is 5.77. The molecule has 7 nitrogen and oxygen atoms in total. The van der Waals surface area contributed by atoms with Gasteiger partial charge in [-0.1, -0.05) is 23.5 Å². The molecule has 0 saturated heterocycles. The van der Waals surface area contributed by atoms with E-state index in [1.807, 2.05) is 41.9 Å². The molecule has 5 rings (SSSR count). The minimum absolute atomic E-state index is 0.143. The maximum absolute atomic E-state index is 12.6. The number of ether oxygens (including phenoxy) is 4. The van der Waals surface area contributed by atoms with Crippen LogP contribution in [0.2, 0.25) is 0 Å². The van der Waals surface area contributed by atoms with Crippen LogP contribution >= 0.6 is 11.3 Å². The average Bonchev–Trinajstić information content (AvgIpc) is 3.24. The molecule has 0 spiro atoms. The summed E-state index contributed by atoms with van der Waals surface area (Å²) < 4.78 is 25.0. The summed E-state index contributed by atoms with van der Waals surface area (Å²) in [5, 5.41) is 0. The van der Waals surface area contributed by atoms with Crippen molar-refractivity contribution in [1.82, 2.24) is 4.57 Å². The smallest absolute Gasteiger partial charge is 0.292 e. The number of aromatic nitrogens is 1. The highest BCUT2D eigenvalue weighted by atomic mass is 32.1. The lowest BCUT2D eigenvalue weighted by Crippen LogP contribution is -2.36. The van der Waals surface area contributed by atoms with Gasteiger partial charge in [0.2, 0.25) is 12.9 Å². The highest BCUT2D eigenvalue weighted by Gasteiger charge is 2.27. The van der Waals surface area contributed by atoms with E-state index in [0.717, 1.165) is 10.2 Å². The highest BCUT2D eigenvalue weighted by Crippen LogP contribution is 2.36. The highest BCUT2D eigenvalue weighted by molar-refractivity contribution is 7.16. The van der Waals surface area contributed by atoms with Crippen molar-refractivity contribution in [3.8, 4) is 23.0 Å². The first-order chi connectivity index (χ1) is 12.7. The van der Waals surface area contributed by atoms with E-state index in [-0.39, 0.29) is 19.3 Å². The summed E-state index contributed by atoms with van der Waals surface area (Å²) in [7, 11) is 1.86. The Morgan fingerprint density at radius 1 is 1.12 bits per heavy atom. The molecule has 132 valence electrons. The Morgan fingerprint density at radius 2 is 1.88 bits per heavy atom. The number of hydrogen-bond donors (Lipinski definition) is 0. The molecule has 1 amide bonds. The van der Waals surface area contributed by atoms with Crippen LogP contribution in [0.25, 0.3) is 10.2 Å². The maximum atomic E-state index is 12.6. The zero-order chi connectivity index (χ0) is 17.7. The van der Waals surface area contributed by atoms with Crippen LogP contribution in [0, 0.1) is 0 Å². The van der Waals surface area contributed by atoms with Gasteiger partial charge in [0.15, 0.2) is 27.8 Å². The summed E-state index contributed by atoms with van der Waals surface area (Å²) >= 11 is 1.41. The maximum Gasteiger partial charge on any atom is 0.292 e. The van der Waals surface area contributed by atoms with Gasteiger partial charge >= 0.3 is 0 Å². The summed E-state index contributed by atoms with van der Waals surface area (Å²) in [5.41, 5.74) is 0.928. The van der Waals surface area contributed by atoms with Crippen molar-refractivity contribution in [2.24, 2.45) is 12.0 Å². The molecular formula is C18H14N2O5S. The third kappa shape index (κ3) is 2.41. The molecular weight excluding hydrogens is 356 g/mol. The third-order valence-electron chi connectivity index (χ3n) is 4.29. The molecule has 1 unspecified atom stereocenters.